The van der Waals surface area contributed by atoms with Gasteiger partial charge in [0.2, 0.25) is 6.41 Å². The number of benzene rings is 2. The van der Waals surface area contributed by atoms with E-state index in [2.05, 4.69) is 28.9 Å². The second kappa shape index (κ2) is 9.04. The molecule has 0 bridgehead atoms. The number of aromatic nitrogens is 2. The molecule has 0 radical (unpaired) electrons. The van der Waals surface area contributed by atoms with Gasteiger partial charge in [-0.15, -0.1) is 0 Å². The van der Waals surface area contributed by atoms with Gasteiger partial charge in [0, 0.05) is 19.5 Å². The number of ether oxygens (including phenoxy) is 1. The van der Waals surface area contributed by atoms with Crippen molar-refractivity contribution in [2.75, 3.05) is 13.2 Å². The average Bonchev–Trinajstić information content (AvgIpc) is 3.01. The van der Waals surface area contributed by atoms with E-state index < -0.39 is 0 Å². The van der Waals surface area contributed by atoms with E-state index in [0.29, 0.717) is 13.2 Å². The zero-order valence-electron chi connectivity index (χ0n) is 15.1. The fraction of sp³-hybridized carbons (Fsp3) is 0.333. The van der Waals surface area contributed by atoms with Crippen LogP contribution in [0.3, 0.4) is 0 Å². The van der Waals surface area contributed by atoms with Crippen molar-refractivity contribution >= 4 is 17.4 Å². The third-order valence-corrected chi connectivity index (χ3v) is 4.42. The molecule has 5 nitrogen and oxygen atoms in total. The molecule has 3 aromatic rings. The van der Waals surface area contributed by atoms with Gasteiger partial charge in [0.1, 0.15) is 11.6 Å². The highest BCUT2D eigenvalue weighted by Gasteiger charge is 2.10. The van der Waals surface area contributed by atoms with Crippen LogP contribution in [0.25, 0.3) is 11.0 Å². The van der Waals surface area contributed by atoms with Crippen molar-refractivity contribution in [2.24, 2.45) is 0 Å². The molecular formula is C21H25N3O2. The minimum atomic E-state index is 0.670. The maximum Gasteiger partial charge on any atom is 0.207 e. The highest BCUT2D eigenvalue weighted by molar-refractivity contribution is 5.75. The Hall–Kier alpha value is -2.82. The molecule has 26 heavy (non-hydrogen) atoms. The Kier molecular flexibility index (Phi) is 6.25. The van der Waals surface area contributed by atoms with Crippen LogP contribution in [0.4, 0.5) is 0 Å². The summed E-state index contributed by atoms with van der Waals surface area (Å²) in [7, 11) is 0. The molecule has 0 aliphatic carbocycles. The van der Waals surface area contributed by atoms with Gasteiger partial charge in [0.15, 0.2) is 0 Å². The van der Waals surface area contributed by atoms with Crippen LogP contribution in [0.5, 0.6) is 5.75 Å². The molecule has 3 rings (SSSR count). The first kappa shape index (κ1) is 18.0. The number of carbonyl (C=O) groups is 1. The molecule has 0 aliphatic heterocycles. The summed E-state index contributed by atoms with van der Waals surface area (Å²) in [5, 5.41) is 2.71. The van der Waals surface area contributed by atoms with E-state index in [1.165, 1.54) is 0 Å². The molecule has 0 saturated carbocycles. The first-order valence-corrected chi connectivity index (χ1v) is 9.09. The molecule has 136 valence electrons. The Balaban J connectivity index is 1.63. The number of nitrogens with zero attached hydrogens (tertiary/aromatic N) is 2. The van der Waals surface area contributed by atoms with Gasteiger partial charge < -0.3 is 14.6 Å². The fourth-order valence-electron chi connectivity index (χ4n) is 3.10. The summed E-state index contributed by atoms with van der Waals surface area (Å²) in [6.07, 6.45) is 3.37. The number of hydrogen-bond donors (Lipinski definition) is 1. The molecule has 5 heteroatoms. The monoisotopic (exact) mass is 351 g/mol. The highest BCUT2D eigenvalue weighted by Crippen LogP contribution is 2.19. The summed E-state index contributed by atoms with van der Waals surface area (Å²) >= 11 is 0. The first-order valence-electron chi connectivity index (χ1n) is 9.09. The number of carbonyl (C=O) groups excluding carboxylic acids is 1. The Morgan fingerprint density at radius 1 is 1.12 bits per heavy atom. The van der Waals surface area contributed by atoms with Crippen molar-refractivity contribution in [3.8, 4) is 5.75 Å². The lowest BCUT2D eigenvalue weighted by Crippen LogP contribution is -2.14. The van der Waals surface area contributed by atoms with Gasteiger partial charge in [-0.3, -0.25) is 4.79 Å². The lowest BCUT2D eigenvalue weighted by Gasteiger charge is -2.11. The van der Waals surface area contributed by atoms with Crippen molar-refractivity contribution in [1.82, 2.24) is 14.9 Å². The van der Waals surface area contributed by atoms with E-state index in [1.807, 2.05) is 36.4 Å². The normalized spacial score (nSPS) is 10.8. The van der Waals surface area contributed by atoms with E-state index in [4.69, 9.17) is 9.72 Å². The largest absolute Gasteiger partial charge is 0.493 e. The highest BCUT2D eigenvalue weighted by atomic mass is 16.5. The fourth-order valence-corrected chi connectivity index (χ4v) is 3.10. The Labute approximate surface area is 154 Å². The third kappa shape index (κ3) is 4.42. The maximum atomic E-state index is 10.4. The van der Waals surface area contributed by atoms with Crippen LogP contribution in [0.1, 0.15) is 24.2 Å². The minimum Gasteiger partial charge on any atom is -0.493 e. The number of hydrogen-bond acceptors (Lipinski definition) is 3. The van der Waals surface area contributed by atoms with Gasteiger partial charge in [0.05, 0.1) is 17.6 Å². The van der Waals surface area contributed by atoms with Gasteiger partial charge in [-0.1, -0.05) is 30.3 Å². The smallest absolute Gasteiger partial charge is 0.207 e. The molecule has 1 N–H and O–H groups in total. The molecule has 2 aromatic carbocycles. The van der Waals surface area contributed by atoms with E-state index in [1.54, 1.807) is 0 Å². The lowest BCUT2D eigenvalue weighted by molar-refractivity contribution is -0.109. The number of fused-ring (bicyclic) bond motifs is 1. The van der Waals surface area contributed by atoms with Crippen LogP contribution in [-0.4, -0.2) is 29.1 Å². The SMILES string of the molecule is Cc1ccccc1OCCCn1c(CCCNC=O)nc2ccccc21. The first-order chi connectivity index (χ1) is 12.8. The summed E-state index contributed by atoms with van der Waals surface area (Å²) in [5.74, 6) is 2.01. The van der Waals surface area contributed by atoms with Crippen LogP contribution in [-0.2, 0) is 17.8 Å². The van der Waals surface area contributed by atoms with Crippen LogP contribution in [0, 0.1) is 6.92 Å². The zero-order chi connectivity index (χ0) is 18.2. The summed E-state index contributed by atoms with van der Waals surface area (Å²) in [6.45, 7) is 4.26. The Bertz CT molecular complexity index is 857. The van der Waals surface area contributed by atoms with Crippen molar-refractivity contribution in [2.45, 2.75) is 32.7 Å². The predicted octanol–water partition coefficient (Wildman–Crippen LogP) is 3.49. The predicted molar refractivity (Wildman–Crippen MR) is 103 cm³/mol. The molecule has 1 heterocycles. The van der Waals surface area contributed by atoms with Crippen LogP contribution < -0.4 is 10.1 Å². The van der Waals surface area contributed by atoms with E-state index in [9.17, 15) is 4.79 Å². The molecule has 0 aliphatic rings. The van der Waals surface area contributed by atoms with E-state index in [-0.39, 0.29) is 0 Å². The zero-order valence-corrected chi connectivity index (χ0v) is 15.1. The van der Waals surface area contributed by atoms with E-state index in [0.717, 1.165) is 60.4 Å². The van der Waals surface area contributed by atoms with E-state index >= 15 is 0 Å². The summed E-state index contributed by atoms with van der Waals surface area (Å²) in [5.41, 5.74) is 3.33. The summed E-state index contributed by atoms with van der Waals surface area (Å²) < 4.78 is 8.19. The van der Waals surface area contributed by atoms with Crippen molar-refractivity contribution in [3.63, 3.8) is 0 Å². The number of aryl methyl sites for hydroxylation is 3. The number of para-hydroxylation sites is 3. The topological polar surface area (TPSA) is 56.1 Å². The second-order valence-electron chi connectivity index (χ2n) is 6.31. The molecule has 1 amide bonds. The number of rotatable bonds is 10. The van der Waals surface area contributed by atoms with Crippen LogP contribution in [0.2, 0.25) is 0 Å². The van der Waals surface area contributed by atoms with Gasteiger partial charge >= 0.3 is 0 Å². The van der Waals surface area contributed by atoms with Crippen molar-refractivity contribution in [1.29, 1.82) is 0 Å². The summed E-state index contributed by atoms with van der Waals surface area (Å²) in [4.78, 5) is 15.2. The molecule has 0 fully saturated rings. The van der Waals surface area contributed by atoms with Crippen LogP contribution >= 0.6 is 0 Å². The molecular weight excluding hydrogens is 326 g/mol. The Morgan fingerprint density at radius 3 is 2.77 bits per heavy atom. The second-order valence-corrected chi connectivity index (χ2v) is 6.31. The molecule has 0 spiro atoms. The van der Waals surface area contributed by atoms with Crippen molar-refractivity contribution in [3.05, 3.63) is 59.9 Å². The molecule has 0 atom stereocenters. The third-order valence-electron chi connectivity index (χ3n) is 4.42. The standard InChI is InChI=1S/C21H25N3O2/c1-17-8-2-5-11-20(17)26-15-7-14-24-19-10-4-3-9-18(19)23-21(24)12-6-13-22-16-25/h2-5,8-11,16H,6-7,12-15H2,1H3,(H,22,25). The molecule has 1 aromatic heterocycles. The minimum absolute atomic E-state index is 0.670. The van der Waals surface area contributed by atoms with Crippen molar-refractivity contribution < 1.29 is 9.53 Å². The van der Waals surface area contributed by atoms with Crippen LogP contribution in [0.15, 0.2) is 48.5 Å². The number of amides is 1. The van der Waals surface area contributed by atoms with Gasteiger partial charge in [0.25, 0.3) is 0 Å². The number of nitrogens with one attached hydrogen (secondary N) is 1. The van der Waals surface area contributed by atoms with Gasteiger partial charge in [-0.25, -0.2) is 4.98 Å². The lowest BCUT2D eigenvalue weighted by atomic mass is 10.2. The Morgan fingerprint density at radius 2 is 1.92 bits per heavy atom. The number of imidazole rings is 1. The maximum absolute atomic E-state index is 10.4. The quantitative estimate of drug-likeness (QED) is 0.449. The molecule has 0 unspecified atom stereocenters. The van der Waals surface area contributed by atoms with Gasteiger partial charge in [-0.05, 0) is 43.5 Å². The van der Waals surface area contributed by atoms with Gasteiger partial charge in [-0.2, -0.15) is 0 Å². The summed E-state index contributed by atoms with van der Waals surface area (Å²) in [6, 6.07) is 16.3. The average molecular weight is 351 g/mol. The molecule has 0 saturated heterocycles.